The molecule has 180 valence electrons. The van der Waals surface area contributed by atoms with Crippen molar-refractivity contribution in [3.8, 4) is 5.75 Å². The quantitative estimate of drug-likeness (QED) is 0.200. The summed E-state index contributed by atoms with van der Waals surface area (Å²) in [6.07, 6.45) is 0. The molecule has 0 radical (unpaired) electrons. The van der Waals surface area contributed by atoms with Gasteiger partial charge in [0.2, 0.25) is 5.91 Å². The Hall–Kier alpha value is -2.82. The minimum Gasteiger partial charge on any atom is -0.493 e. The largest absolute Gasteiger partial charge is 0.493 e. The molecule has 9 heteroatoms. The van der Waals surface area contributed by atoms with Crippen molar-refractivity contribution in [2.45, 2.75) is 33.4 Å². The van der Waals surface area contributed by atoms with Gasteiger partial charge in [-0.15, -0.1) is 24.0 Å². The van der Waals surface area contributed by atoms with E-state index in [1.807, 2.05) is 36.4 Å². The van der Waals surface area contributed by atoms with Gasteiger partial charge in [0.05, 0.1) is 19.2 Å². The number of halogens is 1. The number of primary amides is 1. The minimum absolute atomic E-state index is 0. The molecule has 33 heavy (non-hydrogen) atoms. The van der Waals surface area contributed by atoms with Crippen molar-refractivity contribution in [2.75, 3.05) is 20.2 Å². The van der Waals surface area contributed by atoms with Gasteiger partial charge in [0, 0.05) is 19.2 Å². The van der Waals surface area contributed by atoms with Gasteiger partial charge in [-0.2, -0.15) is 0 Å². The Bertz CT molecular complexity index is 915. The first-order chi connectivity index (χ1) is 15.3. The van der Waals surface area contributed by atoms with Gasteiger partial charge in [-0.3, -0.25) is 14.6 Å². The number of hydrogen-bond donors (Lipinski definition) is 4. The molecule has 0 bridgehead atoms. The molecule has 0 heterocycles. The van der Waals surface area contributed by atoms with Crippen LogP contribution in [-0.2, 0) is 11.3 Å². The highest BCUT2D eigenvalue weighted by Crippen LogP contribution is 2.18. The fraction of sp³-hybridized carbons (Fsp3) is 0.375. The maximum atomic E-state index is 11.9. The molecule has 2 aromatic rings. The van der Waals surface area contributed by atoms with Gasteiger partial charge in [-0.1, -0.05) is 38.1 Å². The molecule has 2 aromatic carbocycles. The molecule has 1 unspecified atom stereocenters. The third-order valence-electron chi connectivity index (χ3n) is 4.64. The molecule has 8 nitrogen and oxygen atoms in total. The average molecular weight is 567 g/mol. The number of carbonyl (C=O) groups is 2. The van der Waals surface area contributed by atoms with Gasteiger partial charge < -0.3 is 26.4 Å². The molecular weight excluding hydrogens is 533 g/mol. The zero-order valence-electron chi connectivity index (χ0n) is 19.6. The second-order valence-electron chi connectivity index (χ2n) is 7.91. The van der Waals surface area contributed by atoms with E-state index in [9.17, 15) is 9.59 Å². The Labute approximate surface area is 212 Å². The van der Waals surface area contributed by atoms with E-state index in [-0.39, 0.29) is 42.5 Å². The SMILES string of the molecule is CN=C(NCc1ccc(C(=O)NCC(N)=O)cc1)NC(C)c1ccc(OCC(C)C)cc1.I. The van der Waals surface area contributed by atoms with Crippen LogP contribution in [0.15, 0.2) is 53.5 Å². The first-order valence-corrected chi connectivity index (χ1v) is 10.6. The lowest BCUT2D eigenvalue weighted by Gasteiger charge is -2.19. The molecule has 0 aliphatic rings. The first-order valence-electron chi connectivity index (χ1n) is 10.6. The summed E-state index contributed by atoms with van der Waals surface area (Å²) in [5.41, 5.74) is 7.61. The van der Waals surface area contributed by atoms with Crippen molar-refractivity contribution in [1.29, 1.82) is 0 Å². The third kappa shape index (κ3) is 10.1. The van der Waals surface area contributed by atoms with Crippen molar-refractivity contribution >= 4 is 41.8 Å². The molecule has 5 N–H and O–H groups in total. The molecule has 0 fully saturated rings. The Kier molecular flexibility index (Phi) is 12.3. The van der Waals surface area contributed by atoms with Crippen LogP contribution in [0.3, 0.4) is 0 Å². The smallest absolute Gasteiger partial charge is 0.251 e. The lowest BCUT2D eigenvalue weighted by molar-refractivity contribution is -0.117. The number of guanidine groups is 1. The summed E-state index contributed by atoms with van der Waals surface area (Å²) in [5, 5.41) is 9.11. The number of nitrogens with two attached hydrogens (primary N) is 1. The molecule has 0 aliphatic carbocycles. The van der Waals surface area contributed by atoms with Crippen LogP contribution in [0.2, 0.25) is 0 Å². The van der Waals surface area contributed by atoms with E-state index < -0.39 is 5.91 Å². The van der Waals surface area contributed by atoms with Crippen LogP contribution in [0.1, 0.15) is 48.3 Å². The molecule has 0 spiro atoms. The van der Waals surface area contributed by atoms with E-state index in [2.05, 4.69) is 41.7 Å². The number of amides is 2. The highest BCUT2D eigenvalue weighted by Gasteiger charge is 2.09. The van der Waals surface area contributed by atoms with Crippen LogP contribution < -0.4 is 26.4 Å². The molecule has 2 rings (SSSR count). The Balaban J connectivity index is 0.00000544. The zero-order chi connectivity index (χ0) is 23.5. The van der Waals surface area contributed by atoms with Crippen molar-refractivity contribution in [1.82, 2.24) is 16.0 Å². The van der Waals surface area contributed by atoms with Crippen LogP contribution in [0, 0.1) is 5.92 Å². The molecule has 1 atom stereocenters. The second-order valence-corrected chi connectivity index (χ2v) is 7.91. The number of benzene rings is 2. The Morgan fingerprint density at radius 1 is 1.00 bits per heavy atom. The number of nitrogens with one attached hydrogen (secondary N) is 3. The number of carbonyl (C=O) groups excluding carboxylic acids is 2. The number of rotatable bonds is 10. The summed E-state index contributed by atoms with van der Waals surface area (Å²) in [5.74, 6) is 1.10. The van der Waals surface area contributed by atoms with Crippen molar-refractivity contribution in [3.63, 3.8) is 0 Å². The number of aliphatic imine (C=N–C) groups is 1. The van der Waals surface area contributed by atoms with Crippen molar-refractivity contribution in [3.05, 3.63) is 65.2 Å². The highest BCUT2D eigenvalue weighted by molar-refractivity contribution is 14.0. The lowest BCUT2D eigenvalue weighted by Crippen LogP contribution is -2.38. The molecule has 0 saturated carbocycles. The van der Waals surface area contributed by atoms with Crippen LogP contribution in [0.25, 0.3) is 0 Å². The van der Waals surface area contributed by atoms with Crippen LogP contribution in [0.4, 0.5) is 0 Å². The van der Waals surface area contributed by atoms with E-state index in [4.69, 9.17) is 10.5 Å². The molecular formula is C24H34IN5O3. The third-order valence-corrected chi connectivity index (χ3v) is 4.64. The van der Waals surface area contributed by atoms with E-state index in [1.54, 1.807) is 19.2 Å². The minimum atomic E-state index is -0.581. The maximum absolute atomic E-state index is 11.9. The summed E-state index contributed by atoms with van der Waals surface area (Å²) >= 11 is 0. The van der Waals surface area contributed by atoms with E-state index in [0.29, 0.717) is 30.6 Å². The van der Waals surface area contributed by atoms with Crippen molar-refractivity contribution < 1.29 is 14.3 Å². The molecule has 2 amide bonds. The normalized spacial score (nSPS) is 11.8. The van der Waals surface area contributed by atoms with Crippen LogP contribution in [0.5, 0.6) is 5.75 Å². The fourth-order valence-corrected chi connectivity index (χ4v) is 2.83. The van der Waals surface area contributed by atoms with E-state index in [0.717, 1.165) is 16.9 Å². The number of hydrogen-bond acceptors (Lipinski definition) is 4. The van der Waals surface area contributed by atoms with Gasteiger partial charge in [0.25, 0.3) is 5.91 Å². The van der Waals surface area contributed by atoms with Gasteiger partial charge in [0.15, 0.2) is 5.96 Å². The topological polar surface area (TPSA) is 118 Å². The monoisotopic (exact) mass is 567 g/mol. The van der Waals surface area contributed by atoms with Crippen LogP contribution >= 0.6 is 24.0 Å². The zero-order valence-corrected chi connectivity index (χ0v) is 21.9. The Morgan fingerprint density at radius 2 is 1.64 bits per heavy atom. The number of ether oxygens (including phenoxy) is 1. The van der Waals surface area contributed by atoms with Gasteiger partial charge in [-0.05, 0) is 48.2 Å². The summed E-state index contributed by atoms with van der Waals surface area (Å²) in [7, 11) is 1.72. The summed E-state index contributed by atoms with van der Waals surface area (Å²) in [6, 6.07) is 15.2. The standard InChI is InChI=1S/C24H33N5O3.HI/c1-16(2)15-32-21-11-9-19(10-12-21)17(3)29-24(26-4)28-13-18-5-7-20(8-6-18)23(31)27-14-22(25)30;/h5-12,16-17H,13-15H2,1-4H3,(H2,25,30)(H,27,31)(H2,26,28,29);1H. The fourth-order valence-electron chi connectivity index (χ4n) is 2.83. The Morgan fingerprint density at radius 3 is 2.18 bits per heavy atom. The first kappa shape index (κ1) is 28.2. The van der Waals surface area contributed by atoms with E-state index >= 15 is 0 Å². The van der Waals surface area contributed by atoms with Gasteiger partial charge >= 0.3 is 0 Å². The maximum Gasteiger partial charge on any atom is 0.251 e. The van der Waals surface area contributed by atoms with Gasteiger partial charge in [-0.25, -0.2) is 0 Å². The molecule has 0 aliphatic heterocycles. The average Bonchev–Trinajstić information content (AvgIpc) is 2.79. The lowest BCUT2D eigenvalue weighted by atomic mass is 10.1. The summed E-state index contributed by atoms with van der Waals surface area (Å²) < 4.78 is 5.74. The second kappa shape index (κ2) is 14.4. The molecule has 0 aromatic heterocycles. The molecule has 0 saturated heterocycles. The van der Waals surface area contributed by atoms with Crippen molar-refractivity contribution in [2.24, 2.45) is 16.6 Å². The van der Waals surface area contributed by atoms with Gasteiger partial charge in [0.1, 0.15) is 5.75 Å². The highest BCUT2D eigenvalue weighted by atomic mass is 127. The summed E-state index contributed by atoms with van der Waals surface area (Å²) in [6.45, 7) is 7.36. The predicted octanol–water partition coefficient (Wildman–Crippen LogP) is 2.98. The number of nitrogens with zero attached hydrogens (tertiary/aromatic N) is 1. The predicted molar refractivity (Wildman–Crippen MR) is 142 cm³/mol. The van der Waals surface area contributed by atoms with Crippen LogP contribution in [-0.4, -0.2) is 38.0 Å². The van der Waals surface area contributed by atoms with E-state index in [1.165, 1.54) is 0 Å². The summed E-state index contributed by atoms with van der Waals surface area (Å²) in [4.78, 5) is 27.0.